The van der Waals surface area contributed by atoms with Crippen molar-refractivity contribution in [1.29, 1.82) is 0 Å². The Hall–Kier alpha value is -1.16. The summed E-state index contributed by atoms with van der Waals surface area (Å²) >= 11 is 0. The van der Waals surface area contributed by atoms with Crippen LogP contribution >= 0.6 is 0 Å². The fourth-order valence-corrected chi connectivity index (χ4v) is 3.87. The molecule has 2 rings (SSSR count). The Labute approximate surface area is 90.6 Å². The highest BCUT2D eigenvalue weighted by molar-refractivity contribution is 7.85. The van der Waals surface area contributed by atoms with Gasteiger partial charge in [-0.15, -0.1) is 0 Å². The van der Waals surface area contributed by atoms with Crippen molar-refractivity contribution in [1.82, 2.24) is 0 Å². The Bertz CT molecular complexity index is 463. The third-order valence-electron chi connectivity index (χ3n) is 2.67. The van der Waals surface area contributed by atoms with Crippen LogP contribution in [0.15, 0.2) is 23.1 Å². The maximum Gasteiger partial charge on any atom is 0.336 e. The molecule has 1 aromatic carbocycles. The van der Waals surface area contributed by atoms with Gasteiger partial charge >= 0.3 is 5.97 Å². The summed E-state index contributed by atoms with van der Waals surface area (Å²) in [5.74, 6) is -0.439. The summed E-state index contributed by atoms with van der Waals surface area (Å²) in [6, 6.07) is 4.99. The average molecular weight is 224 g/mol. The molecule has 4 heteroatoms. The molecule has 80 valence electrons. The molecule has 0 spiro atoms. The van der Waals surface area contributed by atoms with Crippen LogP contribution in [-0.2, 0) is 16.2 Å². The Morgan fingerprint density at radius 2 is 2.13 bits per heavy atom. The fraction of sp³-hybridized carbons (Fsp3) is 0.364. The minimum atomic E-state index is -1.06. The Kier molecular flexibility index (Phi) is 2.19. The van der Waals surface area contributed by atoms with Crippen LogP contribution < -0.4 is 0 Å². The van der Waals surface area contributed by atoms with Gasteiger partial charge in [-0.3, -0.25) is 4.21 Å². The summed E-state index contributed by atoms with van der Waals surface area (Å²) in [6.07, 6.45) is 0. The van der Waals surface area contributed by atoms with E-state index in [1.54, 1.807) is 18.2 Å². The van der Waals surface area contributed by atoms with Crippen LogP contribution in [0.1, 0.15) is 29.8 Å². The second-order valence-corrected chi connectivity index (χ2v) is 5.78. The summed E-state index contributed by atoms with van der Waals surface area (Å²) < 4.78 is 11.8. The zero-order chi connectivity index (χ0) is 11.2. The zero-order valence-corrected chi connectivity index (χ0v) is 9.43. The average Bonchev–Trinajstić information content (AvgIpc) is 2.37. The number of hydrogen-bond acceptors (Lipinski definition) is 2. The molecule has 0 saturated carbocycles. The van der Waals surface area contributed by atoms with E-state index >= 15 is 0 Å². The molecule has 0 aliphatic carbocycles. The normalized spacial score (nSPS) is 22.4. The van der Waals surface area contributed by atoms with Crippen LogP contribution in [0, 0.1) is 0 Å². The minimum Gasteiger partial charge on any atom is -0.478 e. The van der Waals surface area contributed by atoms with Crippen LogP contribution in [0.5, 0.6) is 0 Å². The van der Waals surface area contributed by atoms with Gasteiger partial charge < -0.3 is 5.11 Å². The van der Waals surface area contributed by atoms with E-state index < -0.39 is 16.8 Å². The quantitative estimate of drug-likeness (QED) is 0.791. The maximum absolute atomic E-state index is 11.8. The van der Waals surface area contributed by atoms with E-state index in [2.05, 4.69) is 0 Å². The Morgan fingerprint density at radius 3 is 2.73 bits per heavy atom. The highest BCUT2D eigenvalue weighted by Crippen LogP contribution is 2.39. The molecule has 1 unspecified atom stereocenters. The van der Waals surface area contributed by atoms with Gasteiger partial charge in [0, 0.05) is 16.1 Å². The van der Waals surface area contributed by atoms with Crippen LogP contribution in [0.3, 0.4) is 0 Å². The van der Waals surface area contributed by atoms with Gasteiger partial charge in [0.1, 0.15) is 0 Å². The lowest BCUT2D eigenvalue weighted by Gasteiger charge is -2.19. The molecular formula is C11H12O3S. The van der Waals surface area contributed by atoms with Gasteiger partial charge in [0.15, 0.2) is 0 Å². The first-order chi connectivity index (χ1) is 6.93. The molecule has 0 aromatic heterocycles. The van der Waals surface area contributed by atoms with Crippen LogP contribution in [0.25, 0.3) is 0 Å². The third-order valence-corrected chi connectivity index (χ3v) is 4.49. The second kappa shape index (κ2) is 3.17. The van der Waals surface area contributed by atoms with Gasteiger partial charge in [-0.1, -0.05) is 19.9 Å². The van der Waals surface area contributed by atoms with E-state index in [0.717, 1.165) is 5.56 Å². The molecule has 1 N–H and O–H groups in total. The van der Waals surface area contributed by atoms with Gasteiger partial charge in [0.25, 0.3) is 0 Å². The van der Waals surface area contributed by atoms with E-state index in [4.69, 9.17) is 5.11 Å². The maximum atomic E-state index is 11.8. The van der Waals surface area contributed by atoms with Crippen molar-refractivity contribution in [2.45, 2.75) is 24.2 Å². The zero-order valence-electron chi connectivity index (χ0n) is 8.61. The predicted molar refractivity (Wildman–Crippen MR) is 57.7 cm³/mol. The van der Waals surface area contributed by atoms with Crippen molar-refractivity contribution in [2.24, 2.45) is 0 Å². The molecule has 0 bridgehead atoms. The number of fused-ring (bicyclic) bond motifs is 1. The first-order valence-corrected chi connectivity index (χ1v) is 6.00. The summed E-state index contributed by atoms with van der Waals surface area (Å²) in [5, 5.41) is 9.07. The highest BCUT2D eigenvalue weighted by atomic mass is 32.2. The summed E-state index contributed by atoms with van der Waals surface area (Å²) in [5.41, 5.74) is 0.703. The Balaban J connectivity index is 2.75. The molecule has 1 aliphatic rings. The minimum absolute atomic E-state index is 0.281. The number of hydrogen-bond donors (Lipinski definition) is 1. The van der Waals surface area contributed by atoms with Gasteiger partial charge in [0.05, 0.1) is 16.4 Å². The van der Waals surface area contributed by atoms with E-state index in [0.29, 0.717) is 10.6 Å². The van der Waals surface area contributed by atoms with Crippen LogP contribution in [0.2, 0.25) is 0 Å². The van der Waals surface area contributed by atoms with Gasteiger partial charge in [0.2, 0.25) is 0 Å². The number of benzene rings is 1. The van der Waals surface area contributed by atoms with Gasteiger partial charge in [-0.05, 0) is 17.7 Å². The van der Waals surface area contributed by atoms with Crippen molar-refractivity contribution in [3.05, 3.63) is 29.3 Å². The lowest BCUT2D eigenvalue weighted by Crippen LogP contribution is -2.20. The van der Waals surface area contributed by atoms with Gasteiger partial charge in [-0.25, -0.2) is 4.79 Å². The number of carboxylic acids is 1. The second-order valence-electron chi connectivity index (χ2n) is 4.36. The molecule has 1 aromatic rings. The van der Waals surface area contributed by atoms with Crippen LogP contribution in [0.4, 0.5) is 0 Å². The molecule has 1 aliphatic heterocycles. The van der Waals surface area contributed by atoms with E-state index in [1.807, 2.05) is 13.8 Å². The van der Waals surface area contributed by atoms with Crippen LogP contribution in [-0.4, -0.2) is 21.0 Å². The fourth-order valence-electron chi connectivity index (χ4n) is 2.07. The van der Waals surface area contributed by atoms with Crippen molar-refractivity contribution in [3.63, 3.8) is 0 Å². The third kappa shape index (κ3) is 1.49. The molecule has 3 nitrogen and oxygen atoms in total. The standard InChI is InChI=1S/C11H12O3S/c1-11(2)6-15(14)8-5-3-4-7(9(8)11)10(12)13/h3-5H,6H2,1-2H3,(H,12,13). The molecular weight excluding hydrogens is 212 g/mol. The van der Waals surface area contributed by atoms with Crippen molar-refractivity contribution in [2.75, 3.05) is 5.75 Å². The lowest BCUT2D eigenvalue weighted by molar-refractivity contribution is 0.0694. The molecule has 1 heterocycles. The monoisotopic (exact) mass is 224 g/mol. The summed E-state index contributed by atoms with van der Waals surface area (Å²) in [6.45, 7) is 3.87. The molecule has 0 radical (unpaired) electrons. The molecule has 0 saturated heterocycles. The lowest BCUT2D eigenvalue weighted by atomic mass is 9.84. The molecule has 1 atom stereocenters. The molecule has 0 amide bonds. The smallest absolute Gasteiger partial charge is 0.336 e. The molecule has 15 heavy (non-hydrogen) atoms. The number of aromatic carboxylic acids is 1. The highest BCUT2D eigenvalue weighted by Gasteiger charge is 2.38. The first kappa shape index (κ1) is 10.4. The number of carboxylic acid groups (broad SMARTS) is 1. The summed E-state index contributed by atoms with van der Waals surface area (Å²) in [4.78, 5) is 11.7. The Morgan fingerprint density at radius 1 is 1.47 bits per heavy atom. The van der Waals surface area contributed by atoms with Crippen molar-refractivity contribution >= 4 is 16.8 Å². The van der Waals surface area contributed by atoms with E-state index in [1.165, 1.54) is 0 Å². The first-order valence-electron chi connectivity index (χ1n) is 4.68. The topological polar surface area (TPSA) is 54.4 Å². The van der Waals surface area contributed by atoms with Crippen molar-refractivity contribution in [3.8, 4) is 0 Å². The summed E-state index contributed by atoms with van der Waals surface area (Å²) in [7, 11) is -1.06. The van der Waals surface area contributed by atoms with E-state index in [-0.39, 0.29) is 11.0 Å². The SMILES string of the molecule is CC1(C)CS(=O)c2cccc(C(=O)O)c21. The number of carbonyl (C=O) groups is 1. The molecule has 0 fully saturated rings. The van der Waals surface area contributed by atoms with Crippen molar-refractivity contribution < 1.29 is 14.1 Å². The predicted octanol–water partition coefficient (Wildman–Crippen LogP) is 1.78. The number of rotatable bonds is 1. The van der Waals surface area contributed by atoms with Gasteiger partial charge in [-0.2, -0.15) is 0 Å². The van der Waals surface area contributed by atoms with E-state index in [9.17, 15) is 9.00 Å². The largest absolute Gasteiger partial charge is 0.478 e.